The van der Waals surface area contributed by atoms with Crippen LogP contribution in [0.2, 0.25) is 0 Å². The third-order valence-corrected chi connectivity index (χ3v) is 3.42. The van der Waals surface area contributed by atoms with Crippen LogP contribution in [0.3, 0.4) is 0 Å². The Morgan fingerprint density at radius 2 is 1.30 bits per heavy atom. The summed E-state index contributed by atoms with van der Waals surface area (Å²) < 4.78 is 14.1. The van der Waals surface area contributed by atoms with Gasteiger partial charge in [0.15, 0.2) is 0 Å². The highest BCUT2D eigenvalue weighted by Gasteiger charge is 2.10. The molecule has 3 rings (SSSR count). The minimum atomic E-state index is -0.187. The Bertz CT molecular complexity index is 744. The zero-order chi connectivity index (χ0) is 13.9. The predicted molar refractivity (Wildman–Crippen MR) is 82.0 cm³/mol. The summed E-state index contributed by atoms with van der Waals surface area (Å²) in [6, 6.07) is 23.1. The van der Waals surface area contributed by atoms with E-state index in [4.69, 9.17) is 0 Å². The van der Waals surface area contributed by atoms with E-state index in [1.54, 1.807) is 6.07 Å². The zero-order valence-electron chi connectivity index (χ0n) is 11.3. The fraction of sp³-hybridized carbons (Fsp3) is 0.0526. The van der Waals surface area contributed by atoms with Crippen molar-refractivity contribution in [2.75, 3.05) is 0 Å². The van der Waals surface area contributed by atoms with E-state index in [1.807, 2.05) is 42.5 Å². The van der Waals surface area contributed by atoms with Gasteiger partial charge in [-0.05, 0) is 29.7 Å². The molecule has 0 saturated carbocycles. The Balaban J connectivity index is 2.22. The summed E-state index contributed by atoms with van der Waals surface area (Å²) in [5, 5.41) is 0. The molecule has 0 aliphatic rings. The molecule has 0 aliphatic carbocycles. The van der Waals surface area contributed by atoms with Crippen molar-refractivity contribution in [3.63, 3.8) is 0 Å². The van der Waals surface area contributed by atoms with Crippen LogP contribution in [0, 0.1) is 12.7 Å². The second kappa shape index (κ2) is 5.30. The second-order valence-corrected chi connectivity index (χ2v) is 4.89. The third-order valence-electron chi connectivity index (χ3n) is 3.42. The molecule has 0 bridgehead atoms. The first-order chi connectivity index (χ1) is 9.75. The average Bonchev–Trinajstić information content (AvgIpc) is 2.48. The van der Waals surface area contributed by atoms with Crippen LogP contribution in [-0.2, 0) is 0 Å². The lowest BCUT2D eigenvalue weighted by Gasteiger charge is -2.11. The average molecular weight is 262 g/mol. The van der Waals surface area contributed by atoms with Crippen LogP contribution in [0.15, 0.2) is 72.8 Å². The molecule has 0 amide bonds. The van der Waals surface area contributed by atoms with Crippen LogP contribution in [0.25, 0.3) is 22.3 Å². The predicted octanol–water partition coefficient (Wildman–Crippen LogP) is 5.47. The van der Waals surface area contributed by atoms with Gasteiger partial charge in [-0.15, -0.1) is 0 Å². The number of benzene rings is 3. The molecule has 0 aromatic heterocycles. The molecule has 0 aliphatic heterocycles. The van der Waals surface area contributed by atoms with Gasteiger partial charge in [-0.25, -0.2) is 4.39 Å². The normalized spacial score (nSPS) is 10.5. The van der Waals surface area contributed by atoms with Crippen molar-refractivity contribution in [3.05, 3.63) is 84.2 Å². The summed E-state index contributed by atoms with van der Waals surface area (Å²) in [5.41, 5.74) is 4.94. The van der Waals surface area contributed by atoms with Crippen molar-refractivity contribution in [2.45, 2.75) is 6.92 Å². The number of aryl methyl sites for hydroxylation is 1. The van der Waals surface area contributed by atoms with Crippen LogP contribution in [0.5, 0.6) is 0 Å². The Kier molecular flexibility index (Phi) is 3.34. The van der Waals surface area contributed by atoms with Gasteiger partial charge in [0.05, 0.1) is 0 Å². The zero-order valence-corrected chi connectivity index (χ0v) is 11.3. The molecule has 0 atom stereocenters. The molecule has 0 saturated heterocycles. The minimum absolute atomic E-state index is 0.187. The Morgan fingerprint density at radius 1 is 0.650 bits per heavy atom. The number of halogens is 1. The van der Waals surface area contributed by atoms with E-state index in [9.17, 15) is 4.39 Å². The van der Waals surface area contributed by atoms with Crippen molar-refractivity contribution < 1.29 is 4.39 Å². The maximum absolute atomic E-state index is 14.1. The van der Waals surface area contributed by atoms with E-state index in [-0.39, 0.29) is 5.82 Å². The van der Waals surface area contributed by atoms with Gasteiger partial charge in [0.25, 0.3) is 0 Å². The van der Waals surface area contributed by atoms with E-state index in [0.29, 0.717) is 5.56 Å². The lowest BCUT2D eigenvalue weighted by molar-refractivity contribution is 0.631. The van der Waals surface area contributed by atoms with Gasteiger partial charge in [0.1, 0.15) is 5.82 Å². The molecule has 20 heavy (non-hydrogen) atoms. The smallest absolute Gasteiger partial charge is 0.131 e. The highest BCUT2D eigenvalue weighted by atomic mass is 19.1. The van der Waals surface area contributed by atoms with Gasteiger partial charge in [0, 0.05) is 5.56 Å². The van der Waals surface area contributed by atoms with E-state index in [0.717, 1.165) is 16.7 Å². The molecule has 0 N–H and O–H groups in total. The highest BCUT2D eigenvalue weighted by molar-refractivity contribution is 5.83. The third kappa shape index (κ3) is 2.35. The summed E-state index contributed by atoms with van der Waals surface area (Å²) in [6.07, 6.45) is 0. The number of hydrogen-bond acceptors (Lipinski definition) is 0. The number of hydrogen-bond donors (Lipinski definition) is 0. The molecule has 1 heteroatoms. The Labute approximate surface area is 118 Å². The van der Waals surface area contributed by atoms with Crippen LogP contribution in [-0.4, -0.2) is 0 Å². The van der Waals surface area contributed by atoms with Crippen LogP contribution < -0.4 is 0 Å². The van der Waals surface area contributed by atoms with Crippen molar-refractivity contribution >= 4 is 0 Å². The van der Waals surface area contributed by atoms with Crippen LogP contribution in [0.4, 0.5) is 4.39 Å². The summed E-state index contributed by atoms with van der Waals surface area (Å²) >= 11 is 0. The molecule has 3 aromatic carbocycles. The molecule has 3 aromatic rings. The monoisotopic (exact) mass is 262 g/mol. The summed E-state index contributed by atoms with van der Waals surface area (Å²) in [7, 11) is 0. The highest BCUT2D eigenvalue weighted by Crippen LogP contribution is 2.33. The summed E-state index contributed by atoms with van der Waals surface area (Å²) in [5.74, 6) is -0.187. The van der Waals surface area contributed by atoms with E-state index < -0.39 is 0 Å². The molecule has 0 fully saturated rings. The molecule has 0 radical (unpaired) electrons. The molecule has 0 unspecified atom stereocenters. The van der Waals surface area contributed by atoms with Crippen molar-refractivity contribution in [1.29, 1.82) is 0 Å². The Morgan fingerprint density at radius 3 is 2.00 bits per heavy atom. The van der Waals surface area contributed by atoms with Crippen molar-refractivity contribution in [2.24, 2.45) is 0 Å². The maximum atomic E-state index is 14.1. The van der Waals surface area contributed by atoms with Crippen molar-refractivity contribution in [1.82, 2.24) is 0 Å². The van der Waals surface area contributed by atoms with Crippen molar-refractivity contribution in [3.8, 4) is 22.3 Å². The molecule has 0 heterocycles. The standard InChI is InChI=1S/C19H15F/c1-14-7-6-8-15(13-14)16-9-2-3-10-17(16)18-11-4-5-12-19(18)20/h2-13H,1H3. The van der Waals surface area contributed by atoms with E-state index in [1.165, 1.54) is 11.6 Å². The van der Waals surface area contributed by atoms with Gasteiger partial charge in [-0.1, -0.05) is 72.3 Å². The summed E-state index contributed by atoms with van der Waals surface area (Å²) in [6.45, 7) is 2.06. The van der Waals surface area contributed by atoms with Crippen LogP contribution in [0.1, 0.15) is 5.56 Å². The lowest BCUT2D eigenvalue weighted by Crippen LogP contribution is -1.88. The fourth-order valence-electron chi connectivity index (χ4n) is 2.46. The quantitative estimate of drug-likeness (QED) is 0.574. The molecule has 98 valence electrons. The van der Waals surface area contributed by atoms with Gasteiger partial charge >= 0.3 is 0 Å². The van der Waals surface area contributed by atoms with E-state index in [2.05, 4.69) is 25.1 Å². The van der Waals surface area contributed by atoms with Gasteiger partial charge < -0.3 is 0 Å². The van der Waals surface area contributed by atoms with Gasteiger partial charge in [-0.3, -0.25) is 0 Å². The first kappa shape index (κ1) is 12.6. The molecular weight excluding hydrogens is 247 g/mol. The molecule has 0 nitrogen and oxygen atoms in total. The lowest BCUT2D eigenvalue weighted by atomic mass is 9.94. The minimum Gasteiger partial charge on any atom is -0.206 e. The fourth-order valence-corrected chi connectivity index (χ4v) is 2.46. The largest absolute Gasteiger partial charge is 0.206 e. The van der Waals surface area contributed by atoms with Gasteiger partial charge in [0.2, 0.25) is 0 Å². The van der Waals surface area contributed by atoms with Crippen LogP contribution >= 0.6 is 0 Å². The van der Waals surface area contributed by atoms with E-state index >= 15 is 0 Å². The molecule has 0 spiro atoms. The Hall–Kier alpha value is -2.41. The summed E-state index contributed by atoms with van der Waals surface area (Å²) in [4.78, 5) is 0. The first-order valence-corrected chi connectivity index (χ1v) is 6.67. The van der Waals surface area contributed by atoms with Gasteiger partial charge in [-0.2, -0.15) is 0 Å². The topological polar surface area (TPSA) is 0 Å². The maximum Gasteiger partial charge on any atom is 0.131 e. The molecular formula is C19H15F. The number of rotatable bonds is 2. The first-order valence-electron chi connectivity index (χ1n) is 6.67. The second-order valence-electron chi connectivity index (χ2n) is 4.89. The SMILES string of the molecule is Cc1cccc(-c2ccccc2-c2ccccc2F)c1.